The van der Waals surface area contributed by atoms with Gasteiger partial charge in [-0.3, -0.25) is 4.79 Å². The number of carbonyl (C=O) groups is 1. The number of hydrogen-bond acceptors (Lipinski definition) is 3. The molecule has 0 fully saturated rings. The molecule has 0 atom stereocenters. The molecule has 0 unspecified atom stereocenters. The molecule has 2 rings (SSSR count). The lowest BCUT2D eigenvalue weighted by molar-refractivity contribution is -0.104. The highest BCUT2D eigenvalue weighted by atomic mass is 16.5. The van der Waals surface area contributed by atoms with Gasteiger partial charge >= 0.3 is 0 Å². The van der Waals surface area contributed by atoms with Crippen LogP contribution in [0.1, 0.15) is 11.1 Å². The molecule has 0 N–H and O–H groups in total. The molecule has 0 spiro atoms. The van der Waals surface area contributed by atoms with Crippen molar-refractivity contribution in [3.8, 4) is 11.5 Å². The second kappa shape index (κ2) is 7.29. The van der Waals surface area contributed by atoms with Crippen LogP contribution < -0.4 is 9.47 Å². The minimum absolute atomic E-state index is 0.690. The third-order valence-electron chi connectivity index (χ3n) is 3.28. The summed E-state index contributed by atoms with van der Waals surface area (Å²) in [4.78, 5) is 10.9. The second-order valence-electron chi connectivity index (χ2n) is 4.58. The van der Waals surface area contributed by atoms with E-state index < -0.39 is 0 Å². The van der Waals surface area contributed by atoms with Gasteiger partial charge in [-0.1, -0.05) is 24.3 Å². The van der Waals surface area contributed by atoms with Crippen molar-refractivity contribution in [2.45, 2.75) is 6.42 Å². The first-order valence-corrected chi connectivity index (χ1v) is 6.68. The normalized spacial score (nSPS) is 11.0. The number of methoxy groups -OCH3 is 2. The average Bonchev–Trinajstić information content (AvgIpc) is 2.55. The smallest absolute Gasteiger partial charge is 0.143 e. The van der Waals surface area contributed by atoms with E-state index in [1.54, 1.807) is 20.3 Å². The molecule has 0 saturated carbocycles. The van der Waals surface area contributed by atoms with Crippen LogP contribution in [0.4, 0.5) is 0 Å². The zero-order valence-electron chi connectivity index (χ0n) is 12.2. The van der Waals surface area contributed by atoms with Crippen LogP contribution in [0.5, 0.6) is 11.5 Å². The third-order valence-corrected chi connectivity index (χ3v) is 3.28. The fraction of sp³-hybridized carbons (Fsp3) is 0.167. The maximum Gasteiger partial charge on any atom is 0.143 e. The molecule has 0 saturated heterocycles. The summed E-state index contributed by atoms with van der Waals surface area (Å²) in [6, 6.07) is 15.5. The lowest BCUT2D eigenvalue weighted by Crippen LogP contribution is -1.93. The molecule has 0 bridgehead atoms. The number of hydrogen-bond donors (Lipinski definition) is 0. The van der Waals surface area contributed by atoms with E-state index >= 15 is 0 Å². The van der Waals surface area contributed by atoms with Crippen molar-refractivity contribution in [3.63, 3.8) is 0 Å². The van der Waals surface area contributed by atoms with Crippen molar-refractivity contribution in [1.29, 1.82) is 0 Å². The highest BCUT2D eigenvalue weighted by molar-refractivity contribution is 5.82. The first-order valence-electron chi connectivity index (χ1n) is 6.68. The maximum absolute atomic E-state index is 10.9. The van der Waals surface area contributed by atoms with Gasteiger partial charge in [-0.05, 0) is 53.5 Å². The number of ether oxygens (including phenoxy) is 2. The van der Waals surface area contributed by atoms with Crippen molar-refractivity contribution in [3.05, 3.63) is 65.7 Å². The second-order valence-corrected chi connectivity index (χ2v) is 4.58. The van der Waals surface area contributed by atoms with Crippen molar-refractivity contribution in [2.75, 3.05) is 14.2 Å². The Bertz CT molecular complexity index is 610. The Morgan fingerprint density at radius 1 is 0.905 bits per heavy atom. The van der Waals surface area contributed by atoms with Crippen molar-refractivity contribution in [1.82, 2.24) is 0 Å². The Labute approximate surface area is 124 Å². The fourth-order valence-corrected chi connectivity index (χ4v) is 2.11. The van der Waals surface area contributed by atoms with Crippen LogP contribution in [0.3, 0.4) is 0 Å². The van der Waals surface area contributed by atoms with Crippen LogP contribution in [0.2, 0.25) is 0 Å². The molecule has 2 aromatic rings. The van der Waals surface area contributed by atoms with Gasteiger partial charge in [0.1, 0.15) is 17.8 Å². The van der Waals surface area contributed by atoms with E-state index in [1.165, 1.54) is 0 Å². The predicted octanol–water partition coefficient (Wildman–Crippen LogP) is 3.53. The molecule has 0 radical (unpaired) electrons. The van der Waals surface area contributed by atoms with Crippen molar-refractivity contribution < 1.29 is 14.3 Å². The lowest BCUT2D eigenvalue weighted by Gasteiger charge is -2.09. The van der Waals surface area contributed by atoms with Gasteiger partial charge in [-0.15, -0.1) is 0 Å². The van der Waals surface area contributed by atoms with E-state index in [9.17, 15) is 4.79 Å². The standard InChI is InChI=1S/C18H18O3/c1-20-17-7-3-14(4-8-17)13-16(11-12-19)15-5-9-18(21-2)10-6-15/h3-12H,13H2,1-2H3. The summed E-state index contributed by atoms with van der Waals surface area (Å²) in [5, 5.41) is 0. The zero-order valence-corrected chi connectivity index (χ0v) is 12.2. The quantitative estimate of drug-likeness (QED) is 0.600. The van der Waals surface area contributed by atoms with Crippen LogP contribution in [-0.4, -0.2) is 20.5 Å². The van der Waals surface area contributed by atoms with Crippen LogP contribution >= 0.6 is 0 Å². The van der Waals surface area contributed by atoms with Crippen LogP contribution in [0.25, 0.3) is 5.57 Å². The van der Waals surface area contributed by atoms with Crippen LogP contribution in [0.15, 0.2) is 54.6 Å². The minimum atomic E-state index is 0.690. The van der Waals surface area contributed by atoms with Gasteiger partial charge in [0.2, 0.25) is 0 Å². The number of allylic oxidation sites excluding steroid dienone is 2. The Morgan fingerprint density at radius 2 is 1.43 bits per heavy atom. The fourth-order valence-electron chi connectivity index (χ4n) is 2.11. The van der Waals surface area contributed by atoms with Gasteiger partial charge in [0.25, 0.3) is 0 Å². The van der Waals surface area contributed by atoms with Gasteiger partial charge in [0, 0.05) is 0 Å². The molecule has 2 aromatic carbocycles. The van der Waals surface area contributed by atoms with Gasteiger partial charge in [0.15, 0.2) is 0 Å². The summed E-state index contributed by atoms with van der Waals surface area (Å²) < 4.78 is 10.3. The van der Waals surface area contributed by atoms with Gasteiger partial charge in [-0.2, -0.15) is 0 Å². The summed E-state index contributed by atoms with van der Waals surface area (Å²) in [6.45, 7) is 0. The lowest BCUT2D eigenvalue weighted by atomic mass is 9.98. The number of rotatable bonds is 6. The van der Waals surface area contributed by atoms with Gasteiger partial charge in [-0.25, -0.2) is 0 Å². The van der Waals surface area contributed by atoms with E-state index in [4.69, 9.17) is 9.47 Å². The van der Waals surface area contributed by atoms with Crippen LogP contribution in [-0.2, 0) is 11.2 Å². The van der Waals surface area contributed by atoms with E-state index in [0.717, 1.165) is 34.5 Å². The van der Waals surface area contributed by atoms with Gasteiger partial charge in [0.05, 0.1) is 14.2 Å². The molecule has 3 nitrogen and oxygen atoms in total. The van der Waals surface area contributed by atoms with Crippen molar-refractivity contribution in [2.24, 2.45) is 0 Å². The zero-order chi connectivity index (χ0) is 15.1. The first kappa shape index (κ1) is 14.9. The van der Waals surface area contributed by atoms with E-state index in [1.807, 2.05) is 48.5 Å². The number of aldehydes is 1. The van der Waals surface area contributed by atoms with Crippen LogP contribution in [0, 0.1) is 0 Å². The third kappa shape index (κ3) is 3.96. The maximum atomic E-state index is 10.9. The molecule has 0 heterocycles. The summed E-state index contributed by atoms with van der Waals surface area (Å²) in [5.74, 6) is 1.62. The van der Waals surface area contributed by atoms with Gasteiger partial charge < -0.3 is 9.47 Å². The Balaban J connectivity index is 2.21. The molecule has 21 heavy (non-hydrogen) atoms. The molecule has 0 amide bonds. The van der Waals surface area contributed by atoms with E-state index in [0.29, 0.717) is 6.42 Å². The summed E-state index contributed by atoms with van der Waals surface area (Å²) >= 11 is 0. The molecule has 108 valence electrons. The predicted molar refractivity (Wildman–Crippen MR) is 83.7 cm³/mol. The minimum Gasteiger partial charge on any atom is -0.497 e. The first-order chi connectivity index (χ1) is 10.3. The molecular weight excluding hydrogens is 264 g/mol. The molecule has 0 aliphatic heterocycles. The largest absolute Gasteiger partial charge is 0.497 e. The summed E-state index contributed by atoms with van der Waals surface area (Å²) in [5.41, 5.74) is 3.11. The highest BCUT2D eigenvalue weighted by Crippen LogP contribution is 2.23. The summed E-state index contributed by atoms with van der Waals surface area (Å²) in [6.07, 6.45) is 3.12. The topological polar surface area (TPSA) is 35.5 Å². The monoisotopic (exact) mass is 282 g/mol. The molecular formula is C18H18O3. The number of carbonyl (C=O) groups excluding carboxylic acids is 1. The van der Waals surface area contributed by atoms with E-state index in [-0.39, 0.29) is 0 Å². The molecule has 0 aromatic heterocycles. The molecule has 0 aliphatic rings. The Morgan fingerprint density at radius 3 is 1.90 bits per heavy atom. The average molecular weight is 282 g/mol. The van der Waals surface area contributed by atoms with E-state index in [2.05, 4.69) is 0 Å². The SMILES string of the molecule is COc1ccc(CC(=CC=O)c2ccc(OC)cc2)cc1. The summed E-state index contributed by atoms with van der Waals surface area (Å²) in [7, 11) is 3.28. The Hall–Kier alpha value is -2.55. The highest BCUT2D eigenvalue weighted by Gasteiger charge is 2.04. The molecule has 3 heteroatoms. The molecule has 0 aliphatic carbocycles. The van der Waals surface area contributed by atoms with Crippen molar-refractivity contribution >= 4 is 11.9 Å². The Kier molecular flexibility index (Phi) is 5.16. The number of benzene rings is 2.